The van der Waals surface area contributed by atoms with Crippen LogP contribution in [-0.4, -0.2) is 39.5 Å². The summed E-state index contributed by atoms with van der Waals surface area (Å²) in [4.78, 5) is 2.46. The van der Waals surface area contributed by atoms with E-state index in [1.807, 2.05) is 11.7 Å². The van der Waals surface area contributed by atoms with Crippen molar-refractivity contribution in [2.45, 2.75) is 32.7 Å². The summed E-state index contributed by atoms with van der Waals surface area (Å²) in [6.07, 6.45) is 3.24. The van der Waals surface area contributed by atoms with E-state index in [1.54, 1.807) is 0 Å². The zero-order valence-electron chi connectivity index (χ0n) is 10.9. The molecule has 0 unspecified atom stereocenters. The highest BCUT2D eigenvalue weighted by atomic mass is 16.3. The number of likely N-dealkylation sites (tertiary alicyclic amines) is 1. The van der Waals surface area contributed by atoms with Gasteiger partial charge in [0, 0.05) is 20.2 Å². The number of aliphatic hydroxyl groups excluding tert-OH is 1. The van der Waals surface area contributed by atoms with Crippen LogP contribution in [0.3, 0.4) is 0 Å². The van der Waals surface area contributed by atoms with Crippen LogP contribution < -0.4 is 0 Å². The van der Waals surface area contributed by atoms with E-state index in [0.29, 0.717) is 12.5 Å². The van der Waals surface area contributed by atoms with Crippen molar-refractivity contribution in [2.24, 2.45) is 13.0 Å². The number of hydrogen-bond acceptors (Lipinski definition) is 3. The van der Waals surface area contributed by atoms with E-state index in [4.69, 9.17) is 5.11 Å². The molecule has 4 heteroatoms. The molecule has 0 bridgehead atoms. The summed E-state index contributed by atoms with van der Waals surface area (Å²) in [6, 6.07) is 2.21. The van der Waals surface area contributed by atoms with Crippen LogP contribution in [0.4, 0.5) is 0 Å². The van der Waals surface area contributed by atoms with Crippen LogP contribution in [-0.2, 0) is 20.0 Å². The van der Waals surface area contributed by atoms with Crippen LogP contribution in [0.15, 0.2) is 6.07 Å². The third-order valence-corrected chi connectivity index (χ3v) is 3.74. The number of aromatic nitrogens is 2. The summed E-state index contributed by atoms with van der Waals surface area (Å²) >= 11 is 0. The molecule has 1 fully saturated rings. The van der Waals surface area contributed by atoms with Gasteiger partial charge in [-0.1, -0.05) is 6.92 Å². The number of aryl methyl sites for hydroxylation is 2. The lowest BCUT2D eigenvalue weighted by Gasteiger charge is -2.30. The van der Waals surface area contributed by atoms with Crippen molar-refractivity contribution in [2.75, 3.05) is 19.7 Å². The van der Waals surface area contributed by atoms with Gasteiger partial charge in [0.25, 0.3) is 0 Å². The summed E-state index contributed by atoms with van der Waals surface area (Å²) in [7, 11) is 2.02. The van der Waals surface area contributed by atoms with E-state index in [-0.39, 0.29) is 0 Å². The molecule has 2 heterocycles. The highest BCUT2D eigenvalue weighted by molar-refractivity contribution is 5.10. The molecule has 0 amide bonds. The zero-order chi connectivity index (χ0) is 12.3. The lowest BCUT2D eigenvalue weighted by molar-refractivity contribution is 0.125. The Morgan fingerprint density at radius 2 is 2.12 bits per heavy atom. The van der Waals surface area contributed by atoms with Gasteiger partial charge in [-0.2, -0.15) is 5.10 Å². The fraction of sp³-hybridized carbons (Fsp3) is 0.769. The minimum atomic E-state index is 0.347. The minimum Gasteiger partial charge on any atom is -0.396 e. The molecule has 17 heavy (non-hydrogen) atoms. The maximum absolute atomic E-state index is 9.11. The van der Waals surface area contributed by atoms with Crippen LogP contribution in [0.5, 0.6) is 0 Å². The third kappa shape index (κ3) is 3.07. The van der Waals surface area contributed by atoms with Crippen molar-refractivity contribution in [3.8, 4) is 0 Å². The van der Waals surface area contributed by atoms with Gasteiger partial charge in [0.1, 0.15) is 0 Å². The van der Waals surface area contributed by atoms with Gasteiger partial charge < -0.3 is 5.11 Å². The molecule has 2 rings (SSSR count). The Bertz CT molecular complexity index is 354. The standard InChI is InChI=1S/C13H23N3O/c1-3-12-8-13(15(2)14-12)9-16-6-4-11(10-17)5-7-16/h8,11,17H,3-7,9-10H2,1-2H3. The Hall–Kier alpha value is -0.870. The first kappa shape index (κ1) is 12.6. The monoisotopic (exact) mass is 237 g/mol. The second kappa shape index (κ2) is 5.65. The largest absolute Gasteiger partial charge is 0.396 e. The van der Waals surface area contributed by atoms with E-state index in [9.17, 15) is 0 Å². The van der Waals surface area contributed by atoms with Crippen LogP contribution in [0.2, 0.25) is 0 Å². The number of nitrogens with zero attached hydrogens (tertiary/aromatic N) is 3. The average molecular weight is 237 g/mol. The molecular formula is C13H23N3O. The van der Waals surface area contributed by atoms with Gasteiger partial charge in [0.2, 0.25) is 0 Å². The summed E-state index contributed by atoms with van der Waals surface area (Å²) < 4.78 is 2.00. The van der Waals surface area contributed by atoms with Crippen molar-refractivity contribution in [3.05, 3.63) is 17.5 Å². The van der Waals surface area contributed by atoms with Crippen molar-refractivity contribution >= 4 is 0 Å². The SMILES string of the molecule is CCc1cc(CN2CCC(CO)CC2)n(C)n1. The van der Waals surface area contributed by atoms with E-state index in [1.165, 1.54) is 11.4 Å². The van der Waals surface area contributed by atoms with Crippen LogP contribution in [0, 0.1) is 5.92 Å². The van der Waals surface area contributed by atoms with Crippen LogP contribution >= 0.6 is 0 Å². The highest BCUT2D eigenvalue weighted by Gasteiger charge is 2.19. The minimum absolute atomic E-state index is 0.347. The summed E-state index contributed by atoms with van der Waals surface area (Å²) in [5, 5.41) is 13.6. The van der Waals surface area contributed by atoms with Gasteiger partial charge in [-0.3, -0.25) is 9.58 Å². The van der Waals surface area contributed by atoms with Gasteiger partial charge in [0.05, 0.1) is 11.4 Å². The molecule has 1 aliphatic heterocycles. The van der Waals surface area contributed by atoms with Gasteiger partial charge in [-0.15, -0.1) is 0 Å². The molecule has 1 N–H and O–H groups in total. The van der Waals surface area contributed by atoms with Crippen LogP contribution in [0.1, 0.15) is 31.2 Å². The average Bonchev–Trinajstić information content (AvgIpc) is 2.71. The lowest BCUT2D eigenvalue weighted by atomic mass is 9.98. The van der Waals surface area contributed by atoms with E-state index in [0.717, 1.165) is 38.9 Å². The van der Waals surface area contributed by atoms with Crippen molar-refractivity contribution in [3.63, 3.8) is 0 Å². The molecule has 0 radical (unpaired) electrons. The number of hydrogen-bond donors (Lipinski definition) is 1. The predicted octanol–water partition coefficient (Wildman–Crippen LogP) is 1.19. The molecule has 1 aromatic heterocycles. The van der Waals surface area contributed by atoms with Crippen molar-refractivity contribution in [1.29, 1.82) is 0 Å². The summed E-state index contributed by atoms with van der Waals surface area (Å²) in [5.41, 5.74) is 2.47. The molecule has 0 atom stereocenters. The first-order chi connectivity index (χ1) is 8.22. The Morgan fingerprint density at radius 1 is 1.41 bits per heavy atom. The normalized spacial score (nSPS) is 18.8. The molecule has 0 aromatic carbocycles. The molecule has 0 spiro atoms. The Kier molecular flexibility index (Phi) is 4.18. The predicted molar refractivity (Wildman–Crippen MR) is 67.7 cm³/mol. The quantitative estimate of drug-likeness (QED) is 0.855. The van der Waals surface area contributed by atoms with Crippen LogP contribution in [0.25, 0.3) is 0 Å². The Morgan fingerprint density at radius 3 is 2.65 bits per heavy atom. The third-order valence-electron chi connectivity index (χ3n) is 3.74. The zero-order valence-corrected chi connectivity index (χ0v) is 10.9. The van der Waals surface area contributed by atoms with Crippen molar-refractivity contribution in [1.82, 2.24) is 14.7 Å². The molecule has 0 aliphatic carbocycles. The Balaban J connectivity index is 1.90. The fourth-order valence-electron chi connectivity index (χ4n) is 2.45. The van der Waals surface area contributed by atoms with E-state index in [2.05, 4.69) is 23.0 Å². The number of aliphatic hydroxyl groups is 1. The molecule has 0 saturated carbocycles. The molecule has 4 nitrogen and oxygen atoms in total. The van der Waals surface area contributed by atoms with Gasteiger partial charge in [-0.25, -0.2) is 0 Å². The maximum atomic E-state index is 9.11. The molecule has 1 aliphatic rings. The van der Waals surface area contributed by atoms with Gasteiger partial charge in [-0.05, 0) is 44.3 Å². The maximum Gasteiger partial charge on any atom is 0.0625 e. The van der Waals surface area contributed by atoms with E-state index < -0.39 is 0 Å². The molecule has 1 saturated heterocycles. The van der Waals surface area contributed by atoms with Gasteiger partial charge >= 0.3 is 0 Å². The van der Waals surface area contributed by atoms with Gasteiger partial charge in [0.15, 0.2) is 0 Å². The number of piperidine rings is 1. The molecule has 1 aromatic rings. The molecule has 96 valence electrons. The first-order valence-electron chi connectivity index (χ1n) is 6.58. The Labute approximate surface area is 103 Å². The van der Waals surface area contributed by atoms with E-state index >= 15 is 0 Å². The second-order valence-corrected chi connectivity index (χ2v) is 5.01. The summed E-state index contributed by atoms with van der Waals surface area (Å²) in [6.45, 7) is 5.66. The first-order valence-corrected chi connectivity index (χ1v) is 6.58. The van der Waals surface area contributed by atoms with Crippen molar-refractivity contribution < 1.29 is 5.11 Å². The molecular weight excluding hydrogens is 214 g/mol. The second-order valence-electron chi connectivity index (χ2n) is 5.01. The summed E-state index contributed by atoms with van der Waals surface area (Å²) in [5.74, 6) is 0.518. The smallest absolute Gasteiger partial charge is 0.0625 e. The highest BCUT2D eigenvalue weighted by Crippen LogP contribution is 2.18. The topological polar surface area (TPSA) is 41.3 Å². The lowest BCUT2D eigenvalue weighted by Crippen LogP contribution is -2.34. The fourth-order valence-corrected chi connectivity index (χ4v) is 2.45. The number of rotatable bonds is 4.